The maximum atomic E-state index is 11.8. The van der Waals surface area contributed by atoms with Gasteiger partial charge in [-0.05, 0) is 13.0 Å². The van der Waals surface area contributed by atoms with E-state index in [-0.39, 0.29) is 18.2 Å². The van der Waals surface area contributed by atoms with Crippen molar-refractivity contribution < 1.29 is 23.3 Å². The first kappa shape index (κ1) is 17.5. The van der Waals surface area contributed by atoms with Gasteiger partial charge in [-0.25, -0.2) is 0 Å². The summed E-state index contributed by atoms with van der Waals surface area (Å²) in [5.41, 5.74) is 5.44. The Bertz CT molecular complexity index is 318. The molecule has 0 radical (unpaired) electrons. The largest absolute Gasteiger partial charge is 0.382 e. The number of thiol groups is 1. The highest BCUT2D eigenvalue weighted by Gasteiger charge is 2.45. The normalized spacial score (nSPS) is 34.3. The molecule has 0 aliphatic carbocycles. The van der Waals surface area contributed by atoms with E-state index in [1.807, 2.05) is 7.85 Å². The predicted molar refractivity (Wildman–Crippen MR) is 79.9 cm³/mol. The standard InChI is InChI=1S/C10H23BNO5PS/c1-14-6-7-8(17-18(2,13)19)9(10(11)16-7)15-5-3-4-12/h7-10H,3-6,11-12H2,1-2H3,(H,13,19)/t7-,8?,9+,10-,18?/m1/s1. The average molecular weight is 311 g/mol. The Balaban J connectivity index is 2.70. The van der Waals surface area contributed by atoms with Crippen LogP contribution in [0.2, 0.25) is 0 Å². The van der Waals surface area contributed by atoms with Gasteiger partial charge in [-0.2, -0.15) is 0 Å². The Hall–Kier alpha value is 0.445. The summed E-state index contributed by atoms with van der Waals surface area (Å²) in [5.74, 6) is 0. The van der Waals surface area contributed by atoms with Gasteiger partial charge < -0.3 is 24.5 Å². The Morgan fingerprint density at radius 1 is 1.47 bits per heavy atom. The van der Waals surface area contributed by atoms with Crippen LogP contribution >= 0.6 is 18.8 Å². The van der Waals surface area contributed by atoms with Crippen molar-refractivity contribution in [3.63, 3.8) is 0 Å². The monoisotopic (exact) mass is 311 g/mol. The highest BCUT2D eigenvalue weighted by Crippen LogP contribution is 2.50. The van der Waals surface area contributed by atoms with Crippen molar-refractivity contribution in [1.82, 2.24) is 0 Å². The number of rotatable bonds is 8. The predicted octanol–water partition coefficient (Wildman–Crippen LogP) is -0.137. The van der Waals surface area contributed by atoms with Crippen LogP contribution in [0.5, 0.6) is 0 Å². The second kappa shape index (κ2) is 8.03. The van der Waals surface area contributed by atoms with E-state index in [9.17, 15) is 4.57 Å². The molecule has 9 heteroatoms. The average Bonchev–Trinajstić information content (AvgIpc) is 2.56. The van der Waals surface area contributed by atoms with Gasteiger partial charge in [0.05, 0.1) is 12.6 Å². The van der Waals surface area contributed by atoms with Crippen LogP contribution in [0.3, 0.4) is 0 Å². The summed E-state index contributed by atoms with van der Waals surface area (Å²) in [6.45, 7) is -0.0196. The van der Waals surface area contributed by atoms with E-state index < -0.39 is 12.7 Å². The molecule has 0 bridgehead atoms. The third-order valence-electron chi connectivity index (χ3n) is 2.85. The van der Waals surface area contributed by atoms with Crippen LogP contribution in [0.4, 0.5) is 0 Å². The highest BCUT2D eigenvalue weighted by molar-refractivity contribution is 8.46. The van der Waals surface area contributed by atoms with E-state index in [1.165, 1.54) is 6.66 Å². The minimum absolute atomic E-state index is 0.150. The molecule has 0 aromatic carbocycles. The van der Waals surface area contributed by atoms with Gasteiger partial charge in [0.2, 0.25) is 0 Å². The highest BCUT2D eigenvalue weighted by atomic mass is 32.7. The molecule has 112 valence electrons. The molecule has 1 aliphatic rings. The van der Waals surface area contributed by atoms with Gasteiger partial charge in [-0.1, -0.05) is 12.2 Å². The summed E-state index contributed by atoms with van der Waals surface area (Å²) in [5, 5.41) is 0. The van der Waals surface area contributed by atoms with Crippen molar-refractivity contribution in [2.24, 2.45) is 5.73 Å². The number of hydrogen-bond acceptors (Lipinski definition) is 6. The zero-order chi connectivity index (χ0) is 14.5. The fourth-order valence-corrected chi connectivity index (χ4v) is 3.13. The lowest BCUT2D eigenvalue weighted by Gasteiger charge is -2.25. The molecule has 1 heterocycles. The van der Waals surface area contributed by atoms with Gasteiger partial charge in [0.1, 0.15) is 26.2 Å². The van der Waals surface area contributed by atoms with Gasteiger partial charge in [0, 0.05) is 20.4 Å². The summed E-state index contributed by atoms with van der Waals surface area (Å²) in [7, 11) is 3.48. The van der Waals surface area contributed by atoms with Crippen molar-refractivity contribution in [3.05, 3.63) is 0 Å². The molecule has 1 aliphatic heterocycles. The number of methoxy groups -OCH3 is 1. The molecule has 19 heavy (non-hydrogen) atoms. The number of ether oxygens (including phenoxy) is 3. The van der Waals surface area contributed by atoms with Gasteiger partial charge in [-0.15, -0.1) is 0 Å². The molecule has 1 fully saturated rings. The minimum Gasteiger partial charge on any atom is -0.382 e. The Kier molecular flexibility index (Phi) is 7.39. The molecule has 1 rings (SSSR count). The molecule has 0 spiro atoms. The van der Waals surface area contributed by atoms with Crippen molar-refractivity contribution in [2.45, 2.75) is 30.7 Å². The summed E-state index contributed by atoms with van der Waals surface area (Å²) in [6, 6.07) is -0.150. The van der Waals surface area contributed by atoms with Crippen molar-refractivity contribution >= 4 is 26.7 Å². The zero-order valence-electron chi connectivity index (χ0n) is 11.7. The maximum absolute atomic E-state index is 11.8. The van der Waals surface area contributed by atoms with E-state index in [1.54, 1.807) is 7.11 Å². The Morgan fingerprint density at radius 2 is 2.16 bits per heavy atom. The fourth-order valence-electron chi connectivity index (χ4n) is 2.09. The third kappa shape index (κ3) is 5.75. The topological polar surface area (TPSA) is 80.0 Å². The summed E-state index contributed by atoms with van der Waals surface area (Å²) >= 11 is 3.98. The van der Waals surface area contributed by atoms with Crippen molar-refractivity contribution in [3.8, 4) is 0 Å². The molecule has 6 nitrogen and oxygen atoms in total. The quantitative estimate of drug-likeness (QED) is 0.281. The van der Waals surface area contributed by atoms with Crippen LogP contribution in [0.1, 0.15) is 6.42 Å². The molecule has 2 unspecified atom stereocenters. The van der Waals surface area contributed by atoms with Crippen LogP contribution in [0.15, 0.2) is 0 Å². The lowest BCUT2D eigenvalue weighted by molar-refractivity contribution is -0.0179. The van der Waals surface area contributed by atoms with Gasteiger partial charge in [0.25, 0.3) is 6.57 Å². The van der Waals surface area contributed by atoms with Crippen molar-refractivity contribution in [1.29, 1.82) is 0 Å². The zero-order valence-corrected chi connectivity index (χ0v) is 13.4. The molecule has 0 saturated carbocycles. The van der Waals surface area contributed by atoms with E-state index in [4.69, 9.17) is 24.5 Å². The van der Waals surface area contributed by atoms with Gasteiger partial charge in [0.15, 0.2) is 0 Å². The molecule has 0 aromatic rings. The van der Waals surface area contributed by atoms with Crippen LogP contribution in [0, 0.1) is 0 Å². The molecule has 0 aromatic heterocycles. The van der Waals surface area contributed by atoms with Crippen LogP contribution in [-0.2, 0) is 23.3 Å². The number of hydrogen-bond donors (Lipinski definition) is 2. The molecule has 5 atom stereocenters. The minimum atomic E-state index is -2.92. The fraction of sp³-hybridized carbons (Fsp3) is 1.00. The molecular formula is C10H23BNO5PS. The van der Waals surface area contributed by atoms with Gasteiger partial charge >= 0.3 is 0 Å². The second-order valence-electron chi connectivity index (χ2n) is 4.69. The van der Waals surface area contributed by atoms with Crippen LogP contribution < -0.4 is 5.73 Å². The smallest absolute Gasteiger partial charge is 0.252 e. The summed E-state index contributed by atoms with van der Waals surface area (Å²) < 4.78 is 33.9. The summed E-state index contributed by atoms with van der Waals surface area (Å²) in [6.07, 6.45) is -0.272. The van der Waals surface area contributed by atoms with E-state index in [0.29, 0.717) is 19.8 Å². The lowest BCUT2D eigenvalue weighted by Crippen LogP contribution is -2.38. The van der Waals surface area contributed by atoms with E-state index in [0.717, 1.165) is 6.42 Å². The SMILES string of the molecule is B[C@@H]1O[C@H](COC)C(OP(C)(=O)S)[C@@H]1OCCCN. The third-order valence-corrected chi connectivity index (χ3v) is 3.77. The van der Waals surface area contributed by atoms with Crippen LogP contribution in [0.25, 0.3) is 0 Å². The Labute approximate surface area is 120 Å². The first-order valence-electron chi connectivity index (χ1n) is 6.33. The maximum Gasteiger partial charge on any atom is 0.252 e. The first-order chi connectivity index (χ1) is 8.89. The first-order valence-corrected chi connectivity index (χ1v) is 9.56. The Morgan fingerprint density at radius 3 is 2.68 bits per heavy atom. The number of nitrogens with two attached hydrogens (primary N) is 1. The van der Waals surface area contributed by atoms with Gasteiger partial charge in [-0.3, -0.25) is 4.57 Å². The molecule has 1 saturated heterocycles. The van der Waals surface area contributed by atoms with E-state index >= 15 is 0 Å². The molecule has 2 N–H and O–H groups in total. The molecular weight excluding hydrogens is 288 g/mol. The molecule has 0 amide bonds. The lowest BCUT2D eigenvalue weighted by atomic mass is 9.93. The van der Waals surface area contributed by atoms with E-state index in [2.05, 4.69) is 12.2 Å². The van der Waals surface area contributed by atoms with Crippen LogP contribution in [-0.4, -0.2) is 65.7 Å². The summed E-state index contributed by atoms with van der Waals surface area (Å²) in [4.78, 5) is 0. The van der Waals surface area contributed by atoms with Crippen molar-refractivity contribution in [2.75, 3.05) is 33.5 Å². The second-order valence-corrected chi connectivity index (χ2v) is 8.68.